The highest BCUT2D eigenvalue weighted by molar-refractivity contribution is 6.39. The molecule has 0 fully saturated rings. The zero-order valence-electron chi connectivity index (χ0n) is 34.1. The van der Waals surface area contributed by atoms with Crippen molar-refractivity contribution in [2.75, 3.05) is 0 Å². The first-order valence-corrected chi connectivity index (χ1v) is 21.7. The molecule has 1 nitrogen and oxygen atoms in total. The summed E-state index contributed by atoms with van der Waals surface area (Å²) < 4.78 is 2.55. The summed E-state index contributed by atoms with van der Waals surface area (Å²) in [5, 5.41) is 23.2. The van der Waals surface area contributed by atoms with Gasteiger partial charge in [-0.2, -0.15) is 0 Å². The Labute approximate surface area is 357 Å². The molecule has 14 rings (SSSR count). The first-order valence-electron chi connectivity index (χ1n) is 21.7. The highest BCUT2D eigenvalue weighted by Crippen LogP contribution is 2.48. The predicted octanol–water partition coefficient (Wildman–Crippen LogP) is 17.1. The summed E-state index contributed by atoms with van der Waals surface area (Å²) >= 11 is 0. The van der Waals surface area contributed by atoms with Crippen molar-refractivity contribution in [1.29, 1.82) is 0 Å². The Hall–Kier alpha value is -8.00. The van der Waals surface area contributed by atoms with E-state index in [2.05, 4.69) is 218 Å². The maximum absolute atomic E-state index is 2.55. The molecule has 62 heavy (non-hydrogen) atoms. The van der Waals surface area contributed by atoms with Crippen LogP contribution in [0.15, 0.2) is 206 Å². The van der Waals surface area contributed by atoms with E-state index in [0.29, 0.717) is 0 Å². The van der Waals surface area contributed by atoms with E-state index >= 15 is 0 Å². The average molecular weight is 784 g/mol. The average Bonchev–Trinajstić information content (AvgIpc) is 3.67. The molecule has 0 aliphatic heterocycles. The summed E-state index contributed by atoms with van der Waals surface area (Å²) in [7, 11) is 0. The van der Waals surface area contributed by atoms with Gasteiger partial charge < -0.3 is 4.57 Å². The van der Waals surface area contributed by atoms with Gasteiger partial charge in [0.05, 0.1) is 11.0 Å². The molecule has 0 aliphatic carbocycles. The van der Waals surface area contributed by atoms with Crippen LogP contribution in [0.4, 0.5) is 0 Å². The highest BCUT2D eigenvalue weighted by Gasteiger charge is 2.23. The minimum atomic E-state index is 1.18. The van der Waals surface area contributed by atoms with Gasteiger partial charge in [-0.05, 0) is 152 Å². The Morgan fingerprint density at radius 3 is 1.47 bits per heavy atom. The van der Waals surface area contributed by atoms with Gasteiger partial charge in [0.2, 0.25) is 0 Å². The van der Waals surface area contributed by atoms with Gasteiger partial charge in [0.15, 0.2) is 0 Å². The third-order valence-corrected chi connectivity index (χ3v) is 13.9. The molecule has 0 bridgehead atoms. The lowest BCUT2D eigenvalue weighted by molar-refractivity contribution is 1.18. The first kappa shape index (κ1) is 33.8. The van der Waals surface area contributed by atoms with Crippen LogP contribution in [0.1, 0.15) is 5.56 Å². The molecule has 0 aliphatic rings. The molecule has 0 atom stereocenters. The maximum Gasteiger partial charge on any atom is 0.0626 e. The van der Waals surface area contributed by atoms with Crippen LogP contribution in [0, 0.1) is 6.92 Å². The van der Waals surface area contributed by atoms with Gasteiger partial charge in [-0.1, -0.05) is 169 Å². The summed E-state index contributed by atoms with van der Waals surface area (Å²) in [6.45, 7) is 2.17. The van der Waals surface area contributed by atoms with E-state index in [9.17, 15) is 0 Å². The van der Waals surface area contributed by atoms with Gasteiger partial charge in [-0.25, -0.2) is 0 Å². The van der Waals surface area contributed by atoms with E-state index in [1.54, 1.807) is 0 Å². The Bertz CT molecular complexity index is 4190. The van der Waals surface area contributed by atoms with Crippen LogP contribution in [-0.2, 0) is 0 Å². The lowest BCUT2D eigenvalue weighted by Gasteiger charge is -2.15. The second-order valence-electron chi connectivity index (χ2n) is 17.3. The molecular formula is C61H37N. The molecule has 0 amide bonds. The second-order valence-corrected chi connectivity index (χ2v) is 17.3. The molecule has 0 radical (unpaired) electrons. The Balaban J connectivity index is 1.07. The quantitative estimate of drug-likeness (QED) is 0.157. The van der Waals surface area contributed by atoms with Crippen molar-refractivity contribution in [1.82, 2.24) is 4.57 Å². The topological polar surface area (TPSA) is 4.93 Å². The van der Waals surface area contributed by atoms with Crippen molar-refractivity contribution in [2.45, 2.75) is 6.92 Å². The fraction of sp³-hybridized carbons (Fsp3) is 0.0164. The normalized spacial score (nSPS) is 12.3. The van der Waals surface area contributed by atoms with Crippen LogP contribution in [0.2, 0.25) is 0 Å². The number of benzene rings is 13. The fourth-order valence-electron chi connectivity index (χ4n) is 11.0. The number of hydrogen-bond donors (Lipinski definition) is 0. The minimum Gasteiger partial charge on any atom is -0.309 e. The number of aromatic nitrogens is 1. The van der Waals surface area contributed by atoms with Crippen LogP contribution in [0.5, 0.6) is 0 Å². The Morgan fingerprint density at radius 2 is 0.774 bits per heavy atom. The van der Waals surface area contributed by atoms with Crippen LogP contribution in [-0.4, -0.2) is 4.57 Å². The van der Waals surface area contributed by atoms with Gasteiger partial charge in [0.1, 0.15) is 0 Å². The van der Waals surface area contributed by atoms with Crippen molar-refractivity contribution in [3.63, 3.8) is 0 Å². The van der Waals surface area contributed by atoms with Gasteiger partial charge in [0.25, 0.3) is 0 Å². The monoisotopic (exact) mass is 783 g/mol. The van der Waals surface area contributed by atoms with Crippen molar-refractivity contribution < 1.29 is 0 Å². The molecule has 0 saturated carbocycles. The number of nitrogens with zero attached hydrogens (tertiary/aromatic N) is 1. The lowest BCUT2D eigenvalue weighted by atomic mass is 9.89. The fourth-order valence-corrected chi connectivity index (χ4v) is 11.0. The number of aryl methyl sites for hydroxylation is 1. The molecule has 1 aromatic heterocycles. The van der Waals surface area contributed by atoms with E-state index in [1.807, 2.05) is 0 Å². The summed E-state index contributed by atoms with van der Waals surface area (Å²) in [5.41, 5.74) is 9.85. The second kappa shape index (κ2) is 12.5. The van der Waals surface area contributed by atoms with E-state index < -0.39 is 0 Å². The van der Waals surface area contributed by atoms with E-state index in [1.165, 1.54) is 141 Å². The number of hydrogen-bond acceptors (Lipinski definition) is 0. The number of fused-ring (bicyclic) bond motifs is 14. The summed E-state index contributed by atoms with van der Waals surface area (Å²) in [6, 6.07) is 77.6. The third kappa shape index (κ3) is 4.68. The van der Waals surface area contributed by atoms with Crippen molar-refractivity contribution in [3.05, 3.63) is 212 Å². The molecule has 0 spiro atoms. The summed E-state index contributed by atoms with van der Waals surface area (Å²) in [5.74, 6) is 0. The molecule has 286 valence electrons. The van der Waals surface area contributed by atoms with Gasteiger partial charge in [-0.3, -0.25) is 0 Å². The highest BCUT2D eigenvalue weighted by atomic mass is 15.0. The predicted molar refractivity (Wildman–Crippen MR) is 268 cm³/mol. The smallest absolute Gasteiger partial charge is 0.0626 e. The van der Waals surface area contributed by atoms with Gasteiger partial charge >= 0.3 is 0 Å². The van der Waals surface area contributed by atoms with E-state index in [0.717, 1.165) is 0 Å². The Morgan fingerprint density at radius 1 is 0.274 bits per heavy atom. The van der Waals surface area contributed by atoms with E-state index in [4.69, 9.17) is 0 Å². The van der Waals surface area contributed by atoms with Crippen molar-refractivity contribution in [3.8, 4) is 27.9 Å². The lowest BCUT2D eigenvalue weighted by Crippen LogP contribution is -1.95. The number of rotatable bonds is 3. The first-order chi connectivity index (χ1) is 30.6. The van der Waals surface area contributed by atoms with Crippen molar-refractivity contribution >= 4 is 108 Å². The largest absolute Gasteiger partial charge is 0.309 e. The molecule has 14 aromatic rings. The van der Waals surface area contributed by atoms with Crippen LogP contribution >= 0.6 is 0 Å². The summed E-state index contributed by atoms with van der Waals surface area (Å²) in [6.07, 6.45) is 0. The van der Waals surface area contributed by atoms with Gasteiger partial charge in [-0.15, -0.1) is 0 Å². The van der Waals surface area contributed by atoms with E-state index in [-0.39, 0.29) is 0 Å². The molecular weight excluding hydrogens is 747 g/mol. The van der Waals surface area contributed by atoms with Crippen molar-refractivity contribution in [2.24, 2.45) is 0 Å². The SMILES string of the molecule is Cc1ccc(-n2c3cc4c5ccc(-c6ccc7ccc8ccc(-c9ccccc9)cc8c7c6)cc5c5ccccc5c4cc3c3c4cccc5ccc6cccc(c6c54)c32)cc1. The maximum atomic E-state index is 2.55. The van der Waals surface area contributed by atoms with Gasteiger partial charge in [0, 0.05) is 21.8 Å². The molecule has 0 N–H and O–H groups in total. The molecule has 13 aromatic carbocycles. The third-order valence-electron chi connectivity index (χ3n) is 13.9. The zero-order valence-corrected chi connectivity index (χ0v) is 34.1. The zero-order chi connectivity index (χ0) is 40.6. The molecule has 0 saturated heterocycles. The molecule has 0 unspecified atom stereocenters. The van der Waals surface area contributed by atoms with Crippen LogP contribution in [0.25, 0.3) is 136 Å². The molecule has 1 heterocycles. The van der Waals surface area contributed by atoms with Crippen LogP contribution < -0.4 is 0 Å². The molecule has 1 heteroatoms. The summed E-state index contributed by atoms with van der Waals surface area (Å²) in [4.78, 5) is 0. The van der Waals surface area contributed by atoms with Crippen LogP contribution in [0.3, 0.4) is 0 Å². The minimum absolute atomic E-state index is 1.18. The standard InChI is InChI=1S/C61H37N/c1-36-17-28-45(29-18-36)62-57-35-55-48-30-27-44(43-26-22-39-20-19-38-21-25-42(31-51(38)52(39)32-43)37-9-3-2-4-10-37)33-53(48)46-13-5-6-14-47(46)54(55)34-56(57)60-49-15-7-11-40-23-24-41-12-8-16-50(61(60)62)59(41)58(40)49/h2-35H,1H3. The Kier molecular flexibility index (Phi) is 6.82.